The van der Waals surface area contributed by atoms with Gasteiger partial charge in [-0.05, 0) is 24.1 Å². The number of thiophene rings is 1. The first-order valence-corrected chi connectivity index (χ1v) is 11.4. The van der Waals surface area contributed by atoms with Crippen molar-refractivity contribution in [3.63, 3.8) is 0 Å². The Kier molecular flexibility index (Phi) is 6.53. The molecule has 1 aliphatic carbocycles. The van der Waals surface area contributed by atoms with Gasteiger partial charge < -0.3 is 16.0 Å². The Labute approximate surface area is 191 Å². The van der Waals surface area contributed by atoms with Gasteiger partial charge in [-0.1, -0.05) is 34.9 Å². The molecular weight excluding hydrogens is 422 g/mol. The first-order chi connectivity index (χ1) is 15.6. The molecular formula is C24H24N5O2S+. The Hall–Kier alpha value is -3.62. The summed E-state index contributed by atoms with van der Waals surface area (Å²) >= 11 is 1.49. The lowest BCUT2D eigenvalue weighted by atomic mass is 10.0. The quantitative estimate of drug-likeness (QED) is 0.406. The molecule has 1 aromatic carbocycles. The molecule has 2 aromatic rings. The normalized spacial score (nSPS) is 14.5. The maximum atomic E-state index is 12.7. The van der Waals surface area contributed by atoms with Gasteiger partial charge in [-0.2, -0.15) is 0 Å². The number of rotatable bonds is 6. The number of hydrogen-bond donors (Lipinski definition) is 2. The van der Waals surface area contributed by atoms with Crippen molar-refractivity contribution in [2.75, 3.05) is 25.0 Å². The van der Waals surface area contributed by atoms with Crippen LogP contribution in [0.25, 0.3) is 4.85 Å². The van der Waals surface area contributed by atoms with Crippen molar-refractivity contribution in [1.82, 2.24) is 4.90 Å². The van der Waals surface area contributed by atoms with E-state index in [1.54, 1.807) is 12.1 Å². The first-order valence-electron chi connectivity index (χ1n) is 10.6. The summed E-state index contributed by atoms with van der Waals surface area (Å²) in [5, 5.41) is 3.73. The predicted octanol–water partition coefficient (Wildman–Crippen LogP) is 2.97. The lowest BCUT2D eigenvalue weighted by Crippen LogP contribution is -2.35. The molecule has 0 saturated heterocycles. The van der Waals surface area contributed by atoms with Gasteiger partial charge in [-0.25, -0.2) is 0 Å². The second-order valence-corrected chi connectivity index (χ2v) is 8.56. The Morgan fingerprint density at radius 2 is 2.12 bits per heavy atom. The average molecular weight is 447 g/mol. The van der Waals surface area contributed by atoms with Gasteiger partial charge in [-0.3, -0.25) is 14.6 Å². The molecule has 0 radical (unpaired) electrons. The number of carbonyl (C=O) groups is 2. The van der Waals surface area contributed by atoms with Crippen LogP contribution in [-0.4, -0.2) is 42.2 Å². The highest BCUT2D eigenvalue weighted by molar-refractivity contribution is 7.16. The monoisotopic (exact) mass is 446 g/mol. The van der Waals surface area contributed by atoms with Crippen LogP contribution in [0.1, 0.15) is 39.7 Å². The molecule has 4 rings (SSSR count). The minimum Gasteiger partial charge on any atom is -0.386 e. The number of nitrogens with zero attached hydrogens (tertiary/aromatic N) is 3. The molecule has 162 valence electrons. The van der Waals surface area contributed by atoms with Gasteiger partial charge in [0.2, 0.25) is 5.91 Å². The fraction of sp³-hybridized carbons (Fsp3) is 0.333. The minimum atomic E-state index is -0.174. The predicted molar refractivity (Wildman–Crippen MR) is 127 cm³/mol. The van der Waals surface area contributed by atoms with E-state index in [2.05, 4.69) is 33.1 Å². The lowest BCUT2D eigenvalue weighted by Gasteiger charge is -2.26. The summed E-state index contributed by atoms with van der Waals surface area (Å²) < 4.78 is 0. The summed E-state index contributed by atoms with van der Waals surface area (Å²) in [5.74, 6) is 5.96. The summed E-state index contributed by atoms with van der Waals surface area (Å²) in [7, 11) is 0. The smallest absolute Gasteiger partial charge is 0.314 e. The molecule has 7 nitrogen and oxygen atoms in total. The number of hydrogen-bond acceptors (Lipinski definition) is 4. The van der Waals surface area contributed by atoms with E-state index in [1.165, 1.54) is 11.3 Å². The van der Waals surface area contributed by atoms with Crippen LogP contribution >= 0.6 is 11.3 Å². The Bertz CT molecular complexity index is 1190. The molecule has 0 atom stereocenters. The maximum absolute atomic E-state index is 12.7. The number of aliphatic imine (C=N–C) groups is 1. The van der Waals surface area contributed by atoms with E-state index in [9.17, 15) is 9.59 Å². The summed E-state index contributed by atoms with van der Waals surface area (Å²) in [4.78, 5) is 36.8. The number of carbonyl (C=O) groups excluding carboxylic acids is 2. The maximum Gasteiger partial charge on any atom is 0.314 e. The van der Waals surface area contributed by atoms with Crippen molar-refractivity contribution in [3.05, 3.63) is 56.7 Å². The topological polar surface area (TPSA) is 92.1 Å². The Morgan fingerprint density at radius 1 is 1.34 bits per heavy atom. The molecule has 0 bridgehead atoms. The first kappa shape index (κ1) is 21.6. The molecule has 0 spiro atoms. The zero-order chi connectivity index (χ0) is 22.5. The lowest BCUT2D eigenvalue weighted by molar-refractivity contribution is -0.131. The van der Waals surface area contributed by atoms with Gasteiger partial charge in [0.15, 0.2) is 0 Å². The van der Waals surface area contributed by atoms with Crippen LogP contribution in [-0.2, 0) is 17.8 Å². The van der Waals surface area contributed by atoms with Crippen molar-refractivity contribution >= 4 is 34.0 Å². The summed E-state index contributed by atoms with van der Waals surface area (Å²) in [5.41, 5.74) is 8.32. The molecule has 2 heterocycles. The SMILES string of the molecule is CC[N+]#Cc1c(NC(=O)c2ccccc2)sc2c1CCN(C(=O)CCN=C(N)C1C#C1)C2. The van der Waals surface area contributed by atoms with Crippen LogP contribution in [0.4, 0.5) is 5.00 Å². The van der Waals surface area contributed by atoms with E-state index in [0.717, 1.165) is 21.0 Å². The van der Waals surface area contributed by atoms with Gasteiger partial charge in [0.1, 0.15) is 22.3 Å². The largest absolute Gasteiger partial charge is 0.386 e. The number of amides is 2. The number of fused-ring (bicyclic) bond motifs is 1. The van der Waals surface area contributed by atoms with Gasteiger partial charge in [0.25, 0.3) is 12.5 Å². The third kappa shape index (κ3) is 4.99. The van der Waals surface area contributed by atoms with Crippen molar-refractivity contribution in [3.8, 4) is 17.9 Å². The highest BCUT2D eigenvalue weighted by Gasteiger charge is 2.29. The third-order valence-electron chi connectivity index (χ3n) is 5.23. The number of anilines is 1. The van der Waals surface area contributed by atoms with E-state index in [1.807, 2.05) is 30.0 Å². The minimum absolute atomic E-state index is 0.0416. The fourth-order valence-corrected chi connectivity index (χ4v) is 4.67. The van der Waals surface area contributed by atoms with Crippen molar-refractivity contribution in [2.45, 2.75) is 26.3 Å². The molecule has 32 heavy (non-hydrogen) atoms. The van der Waals surface area contributed by atoms with Crippen LogP contribution in [0.2, 0.25) is 0 Å². The average Bonchev–Trinajstić information content (AvgIpc) is 3.61. The molecule has 3 N–H and O–H groups in total. The zero-order valence-electron chi connectivity index (χ0n) is 17.9. The van der Waals surface area contributed by atoms with Gasteiger partial charge in [0, 0.05) is 36.9 Å². The molecule has 2 amide bonds. The second kappa shape index (κ2) is 9.67. The van der Waals surface area contributed by atoms with E-state index in [-0.39, 0.29) is 17.7 Å². The second-order valence-electron chi connectivity index (χ2n) is 7.46. The van der Waals surface area contributed by atoms with Crippen molar-refractivity contribution in [1.29, 1.82) is 0 Å². The molecule has 1 aromatic heterocycles. The molecule has 2 aliphatic rings. The highest BCUT2D eigenvalue weighted by atomic mass is 32.1. The van der Waals surface area contributed by atoms with E-state index in [0.29, 0.717) is 50.4 Å². The Balaban J connectivity index is 1.47. The number of amidine groups is 1. The summed E-state index contributed by atoms with van der Waals surface area (Å²) in [6, 6.07) is 12.2. The number of benzene rings is 1. The molecule has 0 fully saturated rings. The van der Waals surface area contributed by atoms with Gasteiger partial charge in [0.05, 0.1) is 6.54 Å². The van der Waals surface area contributed by atoms with Crippen LogP contribution in [0.5, 0.6) is 0 Å². The van der Waals surface area contributed by atoms with E-state index < -0.39 is 0 Å². The van der Waals surface area contributed by atoms with Crippen molar-refractivity contribution < 1.29 is 9.59 Å². The van der Waals surface area contributed by atoms with Gasteiger partial charge >= 0.3 is 6.07 Å². The van der Waals surface area contributed by atoms with Crippen LogP contribution in [0, 0.1) is 23.8 Å². The van der Waals surface area contributed by atoms with Crippen LogP contribution in [0.15, 0.2) is 35.3 Å². The van der Waals surface area contributed by atoms with Gasteiger partial charge in [-0.15, -0.1) is 11.3 Å². The Morgan fingerprint density at radius 3 is 2.84 bits per heavy atom. The van der Waals surface area contributed by atoms with Crippen molar-refractivity contribution in [2.24, 2.45) is 16.6 Å². The van der Waals surface area contributed by atoms with E-state index in [4.69, 9.17) is 5.73 Å². The molecule has 1 aliphatic heterocycles. The number of nitrogens with two attached hydrogens (primary N) is 1. The van der Waals surface area contributed by atoms with Crippen LogP contribution < -0.4 is 11.1 Å². The molecule has 0 saturated carbocycles. The standard InChI is InChI=1S/C24H23N5O2S/c1-2-26-14-19-18-11-13-29(21(30)10-12-27-22(25)16-8-9-16)15-20(18)32-24(19)28-23(31)17-6-4-3-5-7-17/h3-7,16H,2,10-13,15H2,1H3,(H2,25,27)/p+1. The van der Waals surface area contributed by atoms with E-state index >= 15 is 0 Å². The zero-order valence-corrected chi connectivity index (χ0v) is 18.7. The van der Waals surface area contributed by atoms with Crippen LogP contribution in [0.3, 0.4) is 0 Å². The summed E-state index contributed by atoms with van der Waals surface area (Å²) in [6.45, 7) is 4.03. The molecule has 8 heteroatoms. The molecule has 0 unspecified atom stereocenters. The highest BCUT2D eigenvalue weighted by Crippen LogP contribution is 2.37. The number of nitrogens with one attached hydrogen (secondary N) is 1. The third-order valence-corrected chi connectivity index (χ3v) is 6.36. The fourth-order valence-electron chi connectivity index (χ4n) is 3.47. The summed E-state index contributed by atoms with van der Waals surface area (Å²) in [6.07, 6.45) is 1.00.